The molecule has 1 aliphatic rings. The number of fused-ring (bicyclic) bond motifs is 1. The van der Waals surface area contributed by atoms with Crippen LogP contribution in [0.25, 0.3) is 10.9 Å². The Morgan fingerprint density at radius 1 is 0.882 bits per heavy atom. The number of hydrogen-bond donors (Lipinski definition) is 2. The van der Waals surface area contributed by atoms with Crippen LogP contribution >= 0.6 is 0 Å². The lowest BCUT2D eigenvalue weighted by Gasteiger charge is -2.21. The lowest BCUT2D eigenvalue weighted by atomic mass is 10.2. The van der Waals surface area contributed by atoms with Gasteiger partial charge >= 0.3 is 6.03 Å². The number of urea groups is 1. The summed E-state index contributed by atoms with van der Waals surface area (Å²) in [4.78, 5) is 21.1. The summed E-state index contributed by atoms with van der Waals surface area (Å²) in [6.45, 7) is 1.70. The fourth-order valence-electron chi connectivity index (χ4n) is 3.87. The average Bonchev–Trinajstić information content (AvgIpc) is 3.12. The van der Waals surface area contributed by atoms with Crippen molar-refractivity contribution in [2.24, 2.45) is 0 Å². The highest BCUT2D eigenvalue weighted by Gasteiger charge is 2.16. The maximum Gasteiger partial charge on any atom is 0.333 e. The molecule has 0 atom stereocenters. The summed E-state index contributed by atoms with van der Waals surface area (Å²) in [5.41, 5.74) is 4.09. The van der Waals surface area contributed by atoms with Crippen LogP contribution in [0, 0.1) is 0 Å². The summed E-state index contributed by atoms with van der Waals surface area (Å²) in [5.74, 6) is 2.41. The first kappa shape index (κ1) is 23.4. The Hall–Kier alpha value is -3.79. The van der Waals surface area contributed by atoms with E-state index < -0.39 is 0 Å². The van der Waals surface area contributed by atoms with E-state index >= 15 is 0 Å². The summed E-state index contributed by atoms with van der Waals surface area (Å²) in [5, 5.41) is 5.47. The third-order valence-electron chi connectivity index (χ3n) is 5.61. The third kappa shape index (κ3) is 5.40. The second-order valence-electron chi connectivity index (χ2n) is 7.83. The molecule has 2 N–H and O–H groups in total. The topological polar surface area (TPSA) is 107 Å². The molecule has 2 heterocycles. The number of hydrogen-bond acceptors (Lipinski definition) is 8. The van der Waals surface area contributed by atoms with Gasteiger partial charge in [0.15, 0.2) is 11.5 Å². The second kappa shape index (κ2) is 10.9. The molecule has 10 heteroatoms. The maximum atomic E-state index is 12.5. The summed E-state index contributed by atoms with van der Waals surface area (Å²) in [6.07, 6.45) is 5.95. The highest BCUT2D eigenvalue weighted by Crippen LogP contribution is 2.37. The van der Waals surface area contributed by atoms with Crippen LogP contribution in [0.5, 0.6) is 28.9 Å². The van der Waals surface area contributed by atoms with Crippen molar-refractivity contribution in [3.63, 3.8) is 0 Å². The number of aromatic nitrogens is 2. The van der Waals surface area contributed by atoms with Crippen LogP contribution < -0.4 is 29.7 Å². The van der Waals surface area contributed by atoms with Gasteiger partial charge in [0.2, 0.25) is 5.88 Å². The zero-order chi connectivity index (χ0) is 23.9. The number of ether oxygens (including phenoxy) is 4. The fourth-order valence-corrected chi connectivity index (χ4v) is 3.87. The molecule has 0 aliphatic carbocycles. The maximum absolute atomic E-state index is 12.5. The van der Waals surface area contributed by atoms with E-state index in [4.69, 9.17) is 18.9 Å². The van der Waals surface area contributed by atoms with Crippen molar-refractivity contribution < 1.29 is 23.7 Å². The van der Waals surface area contributed by atoms with Crippen LogP contribution in [0.3, 0.4) is 0 Å². The first-order chi connectivity index (χ1) is 16.6. The molecule has 0 radical (unpaired) electrons. The lowest BCUT2D eigenvalue weighted by molar-refractivity contribution is 0.190. The Balaban J connectivity index is 1.51. The minimum absolute atomic E-state index is 0.309. The van der Waals surface area contributed by atoms with Crippen molar-refractivity contribution in [3.05, 3.63) is 36.7 Å². The first-order valence-corrected chi connectivity index (χ1v) is 11.2. The number of methoxy groups -OCH3 is 3. The molecular weight excluding hydrogens is 438 g/mol. The number of amides is 2. The molecule has 0 saturated carbocycles. The largest absolute Gasteiger partial charge is 0.494 e. The number of hydrazine groups is 1. The van der Waals surface area contributed by atoms with Crippen molar-refractivity contribution in [3.8, 4) is 28.9 Å². The minimum atomic E-state index is -0.309. The Kier molecular flexibility index (Phi) is 7.48. The van der Waals surface area contributed by atoms with E-state index in [1.165, 1.54) is 26.3 Å². The predicted octanol–water partition coefficient (Wildman–Crippen LogP) is 4.36. The van der Waals surface area contributed by atoms with Crippen molar-refractivity contribution >= 4 is 22.6 Å². The van der Waals surface area contributed by atoms with Crippen LogP contribution in [0.15, 0.2) is 36.7 Å². The zero-order valence-corrected chi connectivity index (χ0v) is 19.6. The molecule has 34 heavy (non-hydrogen) atoms. The molecule has 4 rings (SSSR count). The molecule has 180 valence electrons. The Bertz CT molecular complexity index is 1150. The van der Waals surface area contributed by atoms with Crippen LogP contribution in [-0.2, 0) is 0 Å². The molecule has 3 aromatic rings. The standard InChI is InChI=1S/C24H29N5O5/c1-31-20-12-16(8-9-18(20)27-24(30)28-29-10-6-4-5-7-11-29)34-23-17-13-21(32-2)22(33-3)14-19(17)25-15-26-23/h8-9,12-15H,4-7,10-11H2,1-3H3,(H2,27,28,30). The van der Waals surface area contributed by atoms with E-state index in [1.54, 1.807) is 44.6 Å². The quantitative estimate of drug-likeness (QED) is 0.528. The third-order valence-corrected chi connectivity index (χ3v) is 5.61. The molecular formula is C24H29N5O5. The minimum Gasteiger partial charge on any atom is -0.494 e. The van der Waals surface area contributed by atoms with E-state index in [2.05, 4.69) is 20.7 Å². The molecule has 1 aromatic heterocycles. The average molecular weight is 468 g/mol. The number of nitrogens with one attached hydrogen (secondary N) is 2. The molecule has 0 spiro atoms. The van der Waals surface area contributed by atoms with Gasteiger partial charge < -0.3 is 24.3 Å². The molecule has 2 amide bonds. The number of benzene rings is 2. The van der Waals surface area contributed by atoms with Gasteiger partial charge in [-0.25, -0.2) is 19.8 Å². The summed E-state index contributed by atoms with van der Waals surface area (Å²) < 4.78 is 22.3. The SMILES string of the molecule is COc1cc(Oc2ncnc3cc(OC)c(OC)cc23)ccc1NC(=O)NN1CCCCCC1. The van der Waals surface area contributed by atoms with Gasteiger partial charge in [-0.1, -0.05) is 12.8 Å². The van der Waals surface area contributed by atoms with Crippen molar-refractivity contribution in [1.29, 1.82) is 0 Å². The van der Waals surface area contributed by atoms with Gasteiger partial charge in [0.05, 0.1) is 37.9 Å². The van der Waals surface area contributed by atoms with Gasteiger partial charge in [-0.3, -0.25) is 5.43 Å². The summed E-state index contributed by atoms with van der Waals surface area (Å²) in [7, 11) is 4.67. The molecule has 0 unspecified atom stereocenters. The smallest absolute Gasteiger partial charge is 0.333 e. The Morgan fingerprint density at radius 2 is 1.59 bits per heavy atom. The van der Waals surface area contributed by atoms with Gasteiger partial charge in [0.1, 0.15) is 17.8 Å². The van der Waals surface area contributed by atoms with Gasteiger partial charge in [-0.2, -0.15) is 0 Å². The highest BCUT2D eigenvalue weighted by molar-refractivity contribution is 5.91. The van der Waals surface area contributed by atoms with Crippen molar-refractivity contribution in [2.45, 2.75) is 25.7 Å². The number of carbonyl (C=O) groups is 1. The lowest BCUT2D eigenvalue weighted by Crippen LogP contribution is -2.44. The normalized spacial score (nSPS) is 14.2. The molecule has 10 nitrogen and oxygen atoms in total. The van der Waals surface area contributed by atoms with Gasteiger partial charge in [-0.05, 0) is 31.0 Å². The summed E-state index contributed by atoms with van der Waals surface area (Å²) >= 11 is 0. The fraction of sp³-hybridized carbons (Fsp3) is 0.375. The van der Waals surface area contributed by atoms with Gasteiger partial charge in [-0.15, -0.1) is 0 Å². The molecule has 1 fully saturated rings. The van der Waals surface area contributed by atoms with E-state index in [0.29, 0.717) is 45.5 Å². The van der Waals surface area contributed by atoms with Crippen molar-refractivity contribution in [1.82, 2.24) is 20.4 Å². The van der Waals surface area contributed by atoms with Crippen molar-refractivity contribution in [2.75, 3.05) is 39.7 Å². The van der Waals surface area contributed by atoms with Crippen LogP contribution in [0.2, 0.25) is 0 Å². The molecule has 1 aliphatic heterocycles. The monoisotopic (exact) mass is 467 g/mol. The van der Waals surface area contributed by atoms with Crippen LogP contribution in [0.4, 0.5) is 10.5 Å². The van der Waals surface area contributed by atoms with E-state index in [0.717, 1.165) is 25.9 Å². The second-order valence-corrected chi connectivity index (χ2v) is 7.83. The van der Waals surface area contributed by atoms with Gasteiger partial charge in [0, 0.05) is 25.2 Å². The predicted molar refractivity (Wildman–Crippen MR) is 128 cm³/mol. The van der Waals surface area contributed by atoms with E-state index in [9.17, 15) is 4.79 Å². The van der Waals surface area contributed by atoms with Crippen LogP contribution in [0.1, 0.15) is 25.7 Å². The first-order valence-electron chi connectivity index (χ1n) is 11.2. The molecule has 0 bridgehead atoms. The number of rotatable bonds is 7. The Morgan fingerprint density at radius 3 is 2.29 bits per heavy atom. The Labute approximate surface area is 198 Å². The molecule has 1 saturated heterocycles. The van der Waals surface area contributed by atoms with E-state index in [1.807, 2.05) is 5.01 Å². The van der Waals surface area contributed by atoms with E-state index in [-0.39, 0.29) is 6.03 Å². The number of anilines is 1. The molecule has 2 aromatic carbocycles. The summed E-state index contributed by atoms with van der Waals surface area (Å²) in [6, 6.07) is 8.37. The van der Waals surface area contributed by atoms with Gasteiger partial charge in [0.25, 0.3) is 0 Å². The van der Waals surface area contributed by atoms with Crippen LogP contribution in [-0.4, -0.2) is 55.4 Å². The number of carbonyl (C=O) groups excluding carboxylic acids is 1. The zero-order valence-electron chi connectivity index (χ0n) is 19.6. The highest BCUT2D eigenvalue weighted by atomic mass is 16.5. The number of nitrogens with zero attached hydrogens (tertiary/aromatic N) is 3.